The molecule has 0 radical (unpaired) electrons. The summed E-state index contributed by atoms with van der Waals surface area (Å²) in [5.74, 6) is 1.10. The minimum absolute atomic E-state index is 0.149. The third-order valence-corrected chi connectivity index (χ3v) is 3.01. The fourth-order valence-corrected chi connectivity index (χ4v) is 2.05. The Morgan fingerprint density at radius 2 is 2.35 bits per heavy atom. The minimum Gasteiger partial charge on any atom is -0.338 e. The van der Waals surface area contributed by atoms with Crippen molar-refractivity contribution in [2.24, 2.45) is 0 Å². The molecule has 1 N–H and O–H groups in total. The van der Waals surface area contributed by atoms with Gasteiger partial charge in [0.25, 0.3) is 0 Å². The van der Waals surface area contributed by atoms with E-state index in [1.807, 2.05) is 0 Å². The van der Waals surface area contributed by atoms with Gasteiger partial charge in [0.1, 0.15) is 0 Å². The Bertz CT molecular complexity index is 522. The number of nitrogens with zero attached hydrogens (tertiary/aromatic N) is 3. The highest BCUT2D eigenvalue weighted by Crippen LogP contribution is 2.23. The van der Waals surface area contributed by atoms with Gasteiger partial charge < -0.3 is 9.84 Å². The highest BCUT2D eigenvalue weighted by Gasteiger charge is 2.09. The summed E-state index contributed by atoms with van der Waals surface area (Å²) in [5.41, 5.74) is 0. The van der Waals surface area contributed by atoms with Crippen LogP contribution in [-0.2, 0) is 13.1 Å². The van der Waals surface area contributed by atoms with Crippen molar-refractivity contribution < 1.29 is 9.45 Å². The molecule has 0 aliphatic heterocycles. The zero-order valence-electron chi connectivity index (χ0n) is 9.04. The molecule has 0 unspecified atom stereocenters. The molecule has 8 heteroatoms. The first-order valence-corrected chi connectivity index (χ1v) is 5.70. The lowest BCUT2D eigenvalue weighted by molar-refractivity contribution is -0.380. The van der Waals surface area contributed by atoms with Gasteiger partial charge in [0.05, 0.1) is 11.5 Å². The van der Waals surface area contributed by atoms with Crippen molar-refractivity contribution in [3.8, 4) is 0 Å². The average molecular weight is 254 g/mol. The number of rotatable bonds is 5. The van der Waals surface area contributed by atoms with Crippen molar-refractivity contribution in [1.82, 2.24) is 15.5 Å². The summed E-state index contributed by atoms with van der Waals surface area (Å²) in [6.45, 7) is 2.74. The maximum atomic E-state index is 10.5. The van der Waals surface area contributed by atoms with E-state index in [1.165, 1.54) is 6.07 Å². The van der Waals surface area contributed by atoms with Gasteiger partial charge in [0, 0.05) is 17.5 Å². The van der Waals surface area contributed by atoms with Gasteiger partial charge in [-0.25, -0.2) is 0 Å². The monoisotopic (exact) mass is 254 g/mol. The van der Waals surface area contributed by atoms with E-state index in [2.05, 4.69) is 15.5 Å². The molecule has 17 heavy (non-hydrogen) atoms. The van der Waals surface area contributed by atoms with E-state index in [1.54, 1.807) is 13.0 Å². The van der Waals surface area contributed by atoms with Crippen LogP contribution in [0.5, 0.6) is 0 Å². The molecule has 2 heterocycles. The molecule has 2 aromatic rings. The van der Waals surface area contributed by atoms with Crippen molar-refractivity contribution in [3.63, 3.8) is 0 Å². The maximum absolute atomic E-state index is 10.5. The number of aromatic nitrogens is 2. The molecule has 2 aromatic heterocycles. The smallest absolute Gasteiger partial charge is 0.324 e. The van der Waals surface area contributed by atoms with E-state index in [0.717, 1.165) is 16.2 Å². The van der Waals surface area contributed by atoms with Gasteiger partial charge in [0.15, 0.2) is 5.82 Å². The first-order chi connectivity index (χ1) is 8.15. The highest BCUT2D eigenvalue weighted by atomic mass is 32.1. The largest absolute Gasteiger partial charge is 0.338 e. The summed E-state index contributed by atoms with van der Waals surface area (Å²) >= 11 is 1.15. The van der Waals surface area contributed by atoms with Gasteiger partial charge >= 0.3 is 5.00 Å². The molecule has 90 valence electrons. The molecule has 0 spiro atoms. The van der Waals surface area contributed by atoms with Gasteiger partial charge in [-0.05, 0) is 13.0 Å². The second-order valence-corrected chi connectivity index (χ2v) is 4.48. The molecule has 0 atom stereocenters. The van der Waals surface area contributed by atoms with Crippen molar-refractivity contribution >= 4 is 16.3 Å². The first kappa shape index (κ1) is 11.7. The highest BCUT2D eigenvalue weighted by molar-refractivity contribution is 7.15. The van der Waals surface area contributed by atoms with Crippen LogP contribution in [0.25, 0.3) is 0 Å². The molecule has 0 saturated carbocycles. The Kier molecular flexibility index (Phi) is 3.45. The van der Waals surface area contributed by atoms with Crippen LogP contribution in [0.1, 0.15) is 16.6 Å². The Morgan fingerprint density at radius 1 is 1.53 bits per heavy atom. The summed E-state index contributed by atoms with van der Waals surface area (Å²) in [6.07, 6.45) is 0. The molecule has 7 nitrogen and oxygen atoms in total. The van der Waals surface area contributed by atoms with Crippen molar-refractivity contribution in [2.45, 2.75) is 20.0 Å². The Balaban J connectivity index is 1.83. The predicted molar refractivity (Wildman–Crippen MR) is 60.6 cm³/mol. The van der Waals surface area contributed by atoms with Gasteiger partial charge in [-0.3, -0.25) is 10.1 Å². The Morgan fingerprint density at radius 3 is 2.94 bits per heavy atom. The standard InChI is InChI=1S/C9H10N4O3S/c1-6-11-8(16-12-6)5-10-4-7-2-3-9(17-7)13(14)15/h2-3,10H,4-5H2,1H3. The van der Waals surface area contributed by atoms with Crippen LogP contribution in [0.15, 0.2) is 16.7 Å². The van der Waals surface area contributed by atoms with Gasteiger partial charge in [-0.1, -0.05) is 16.5 Å². The van der Waals surface area contributed by atoms with Crippen LogP contribution in [-0.4, -0.2) is 15.1 Å². The molecule has 0 aromatic carbocycles. The zero-order chi connectivity index (χ0) is 12.3. The predicted octanol–water partition coefficient (Wildman–Crippen LogP) is 1.64. The minimum atomic E-state index is -0.393. The van der Waals surface area contributed by atoms with Crippen LogP contribution in [0.4, 0.5) is 5.00 Å². The van der Waals surface area contributed by atoms with Crippen LogP contribution in [0.3, 0.4) is 0 Å². The molecular formula is C9H10N4O3S. The van der Waals surface area contributed by atoms with E-state index in [9.17, 15) is 10.1 Å². The van der Waals surface area contributed by atoms with Crippen LogP contribution >= 0.6 is 11.3 Å². The summed E-state index contributed by atoms with van der Waals surface area (Å²) in [4.78, 5) is 15.0. The fraction of sp³-hybridized carbons (Fsp3) is 0.333. The molecule has 0 aliphatic carbocycles. The fourth-order valence-electron chi connectivity index (χ4n) is 1.26. The van der Waals surface area contributed by atoms with E-state index >= 15 is 0 Å². The van der Waals surface area contributed by atoms with Crippen LogP contribution in [0.2, 0.25) is 0 Å². The van der Waals surface area contributed by atoms with Gasteiger partial charge in [-0.2, -0.15) is 4.98 Å². The van der Waals surface area contributed by atoms with E-state index in [-0.39, 0.29) is 5.00 Å². The van der Waals surface area contributed by atoms with Crippen LogP contribution in [0, 0.1) is 17.0 Å². The molecule has 2 rings (SSSR count). The zero-order valence-corrected chi connectivity index (χ0v) is 9.86. The topological polar surface area (TPSA) is 94.1 Å². The van der Waals surface area contributed by atoms with Crippen LogP contribution < -0.4 is 5.32 Å². The molecule has 0 amide bonds. The number of hydrogen-bond acceptors (Lipinski definition) is 7. The lowest BCUT2D eigenvalue weighted by atomic mass is 10.4. The van der Waals surface area contributed by atoms with Crippen molar-refractivity contribution in [3.05, 3.63) is 38.8 Å². The summed E-state index contributed by atoms with van der Waals surface area (Å²) < 4.78 is 4.92. The normalized spacial score (nSPS) is 10.6. The van der Waals surface area contributed by atoms with E-state index in [0.29, 0.717) is 24.8 Å². The average Bonchev–Trinajstić information content (AvgIpc) is 2.88. The van der Waals surface area contributed by atoms with Gasteiger partial charge in [-0.15, -0.1) is 0 Å². The lowest BCUT2D eigenvalue weighted by Gasteiger charge is -1.97. The second-order valence-electron chi connectivity index (χ2n) is 3.34. The lowest BCUT2D eigenvalue weighted by Crippen LogP contribution is -2.11. The SMILES string of the molecule is Cc1noc(CNCc2ccc([N+](=O)[O-])s2)n1. The Labute approximate surface area is 101 Å². The second kappa shape index (κ2) is 5.02. The molecule has 0 saturated heterocycles. The maximum Gasteiger partial charge on any atom is 0.324 e. The molecule has 0 fully saturated rings. The number of aryl methyl sites for hydroxylation is 1. The third kappa shape index (κ3) is 3.08. The number of hydrogen-bond donors (Lipinski definition) is 1. The number of nitro groups is 1. The summed E-state index contributed by atoms with van der Waals surface area (Å²) in [6, 6.07) is 3.23. The first-order valence-electron chi connectivity index (χ1n) is 4.88. The Hall–Kier alpha value is -1.80. The van der Waals surface area contributed by atoms with Crippen molar-refractivity contribution in [2.75, 3.05) is 0 Å². The van der Waals surface area contributed by atoms with Crippen molar-refractivity contribution in [1.29, 1.82) is 0 Å². The molecular weight excluding hydrogens is 244 g/mol. The third-order valence-electron chi connectivity index (χ3n) is 1.97. The van der Waals surface area contributed by atoms with E-state index < -0.39 is 4.92 Å². The number of thiophene rings is 1. The van der Waals surface area contributed by atoms with Gasteiger partial charge in [0.2, 0.25) is 5.89 Å². The number of nitrogens with one attached hydrogen (secondary N) is 1. The molecule has 0 aliphatic rings. The summed E-state index contributed by atoms with van der Waals surface area (Å²) in [7, 11) is 0. The molecule has 0 bridgehead atoms. The quantitative estimate of drug-likeness (QED) is 0.643. The summed E-state index contributed by atoms with van der Waals surface area (Å²) in [5, 5.41) is 17.4. The van der Waals surface area contributed by atoms with E-state index in [4.69, 9.17) is 4.52 Å².